The summed E-state index contributed by atoms with van der Waals surface area (Å²) in [5.74, 6) is 0.558. The molecular formula is C46H53N10O9S2+. The second-order valence-electron chi connectivity index (χ2n) is 17.9. The van der Waals surface area contributed by atoms with Crippen molar-refractivity contribution < 1.29 is 44.6 Å². The monoisotopic (exact) mass is 953 g/mol. The van der Waals surface area contributed by atoms with Gasteiger partial charge in [-0.1, -0.05) is 62.1 Å². The van der Waals surface area contributed by atoms with Crippen LogP contribution in [0.5, 0.6) is 0 Å². The van der Waals surface area contributed by atoms with E-state index in [0.717, 1.165) is 52.3 Å². The fourth-order valence-electron chi connectivity index (χ4n) is 10.2. The largest absolute Gasteiger partial charge is 0.358 e. The Morgan fingerprint density at radius 3 is 2.06 bits per heavy atom. The average Bonchev–Trinajstić information content (AvgIpc) is 4.20. The minimum absolute atomic E-state index is 0.109. The third-order valence-electron chi connectivity index (χ3n) is 13.7. The number of aromatic nitrogens is 7. The van der Waals surface area contributed by atoms with Crippen LogP contribution in [0.3, 0.4) is 0 Å². The van der Waals surface area contributed by atoms with Crippen LogP contribution in [0.2, 0.25) is 0 Å². The highest BCUT2D eigenvalue weighted by molar-refractivity contribution is 7.90. The normalized spacial score (nSPS) is 22.9. The van der Waals surface area contributed by atoms with Crippen LogP contribution >= 0.6 is 0 Å². The molecule has 5 aliphatic rings. The van der Waals surface area contributed by atoms with Crippen molar-refractivity contribution in [3.8, 4) is 0 Å². The average molecular weight is 954 g/mol. The van der Waals surface area contributed by atoms with Crippen molar-refractivity contribution in [3.05, 3.63) is 95.8 Å². The number of hydrazine groups is 1. The van der Waals surface area contributed by atoms with E-state index in [1.807, 2.05) is 18.2 Å². The Hall–Kier alpha value is -5.71. The second-order valence-corrected chi connectivity index (χ2v) is 21.5. The van der Waals surface area contributed by atoms with Crippen LogP contribution in [0.15, 0.2) is 83.0 Å². The number of carbonyl (C=O) groups is 1. The molecule has 11 rings (SSSR count). The molecule has 21 heteroatoms. The fourth-order valence-corrected chi connectivity index (χ4v) is 12.9. The van der Waals surface area contributed by atoms with E-state index in [2.05, 4.69) is 49.8 Å². The highest BCUT2D eigenvalue weighted by Gasteiger charge is 2.52. The molecule has 4 aromatic heterocycles. The van der Waals surface area contributed by atoms with Gasteiger partial charge in [0.1, 0.15) is 21.9 Å². The number of sulfonamides is 1. The van der Waals surface area contributed by atoms with Crippen molar-refractivity contribution >= 4 is 60.6 Å². The molecule has 19 nitrogen and oxygen atoms in total. The Morgan fingerprint density at radius 2 is 1.40 bits per heavy atom. The molecule has 1 amide bonds. The van der Waals surface area contributed by atoms with Gasteiger partial charge in [-0.25, -0.2) is 22.4 Å². The molecule has 0 radical (unpaired) electrons. The topological polar surface area (TPSA) is 223 Å². The maximum absolute atomic E-state index is 13.4. The highest BCUT2D eigenvalue weighted by atomic mass is 32.2. The van der Waals surface area contributed by atoms with E-state index in [-0.39, 0.29) is 39.1 Å². The summed E-state index contributed by atoms with van der Waals surface area (Å²) in [7, 11) is -7.57. The number of anilines is 1. The van der Waals surface area contributed by atoms with Crippen LogP contribution in [-0.4, -0.2) is 104 Å². The van der Waals surface area contributed by atoms with Crippen molar-refractivity contribution in [1.82, 2.24) is 38.9 Å². The second kappa shape index (κ2) is 17.4. The standard InChI is InChI=1S/C23H27N5O5S.C23H26N5O4S/c1-3-16-12-23(32-10-11-33-23)13-18(16)22(29)27-26-20-14-24-21-19(25-20)8-9-28(21)34(30,31)17-6-4-15(2)5-7-17;1-3-16-12-23(31-10-11-32-23)13-18(16)21-26-25-20-14-24-22-19(28(20)21)8-9-27(22)33(29,30)17-6-4-15(2)5-7-17/h4-9,14,16,18H,3,10-13H2,1-2H3,(H,25,26)(H,27,29);4-7,9,14,16,18H,3,8,10-13H2,1-2H3/q;+1. The van der Waals surface area contributed by atoms with E-state index in [1.165, 1.54) is 16.4 Å². The highest BCUT2D eigenvalue weighted by Crippen LogP contribution is 2.51. The van der Waals surface area contributed by atoms with Gasteiger partial charge in [-0.15, -0.1) is 14.2 Å². The predicted molar refractivity (Wildman–Crippen MR) is 243 cm³/mol. The Balaban J connectivity index is 0.000000157. The first-order chi connectivity index (χ1) is 32.2. The number of fused-ring (bicyclic) bond motifs is 4. The maximum Gasteiger partial charge on any atom is 0.358 e. The molecule has 352 valence electrons. The lowest BCUT2D eigenvalue weighted by molar-refractivity contribution is -0.257. The number of rotatable bonds is 10. The molecule has 3 aliphatic heterocycles. The van der Waals surface area contributed by atoms with Gasteiger partial charge in [-0.3, -0.25) is 20.0 Å². The zero-order valence-corrected chi connectivity index (χ0v) is 39.3. The van der Waals surface area contributed by atoms with E-state index in [1.54, 1.807) is 67.0 Å². The van der Waals surface area contributed by atoms with Gasteiger partial charge in [0.05, 0.1) is 50.2 Å². The third-order valence-corrected chi connectivity index (χ3v) is 17.1. The minimum Gasteiger partial charge on any atom is -0.347 e. The molecule has 2 N–H and O–H groups in total. The van der Waals surface area contributed by atoms with Gasteiger partial charge in [0.25, 0.3) is 10.0 Å². The van der Waals surface area contributed by atoms with Gasteiger partial charge in [-0.05, 0) is 61.0 Å². The van der Waals surface area contributed by atoms with Crippen LogP contribution in [0.4, 0.5) is 11.6 Å². The molecule has 7 heterocycles. The lowest BCUT2D eigenvalue weighted by atomic mass is 9.93. The Bertz CT molecular complexity index is 3110. The molecule has 2 saturated heterocycles. The molecule has 4 unspecified atom stereocenters. The lowest BCUT2D eigenvalue weighted by Gasteiger charge is -2.21. The van der Waals surface area contributed by atoms with E-state index in [9.17, 15) is 21.6 Å². The smallest absolute Gasteiger partial charge is 0.347 e. The summed E-state index contributed by atoms with van der Waals surface area (Å²) in [4.78, 5) is 26.5. The summed E-state index contributed by atoms with van der Waals surface area (Å²) >= 11 is 0. The Kier molecular flexibility index (Phi) is 11.7. The molecular weight excluding hydrogens is 901 g/mol. The number of aryl methyl sites for hydroxylation is 2. The summed E-state index contributed by atoms with van der Waals surface area (Å²) in [6.45, 7) is 10.4. The Morgan fingerprint density at radius 1 is 0.776 bits per heavy atom. The molecule has 2 aromatic carbocycles. The van der Waals surface area contributed by atoms with Crippen molar-refractivity contribution in [2.75, 3.05) is 31.9 Å². The third kappa shape index (κ3) is 8.18. The van der Waals surface area contributed by atoms with Crippen molar-refractivity contribution in [1.29, 1.82) is 0 Å². The lowest BCUT2D eigenvalue weighted by Crippen LogP contribution is -2.37. The molecule has 2 aliphatic carbocycles. The van der Waals surface area contributed by atoms with Gasteiger partial charge in [0.2, 0.25) is 11.6 Å². The molecule has 2 saturated carbocycles. The summed E-state index contributed by atoms with van der Waals surface area (Å²) in [6.07, 6.45) is 11.1. The van der Waals surface area contributed by atoms with Gasteiger partial charge < -0.3 is 18.9 Å². The van der Waals surface area contributed by atoms with Crippen molar-refractivity contribution in [2.45, 2.75) is 99.9 Å². The zero-order valence-electron chi connectivity index (χ0n) is 37.7. The van der Waals surface area contributed by atoms with Crippen LogP contribution in [0.1, 0.15) is 80.9 Å². The first kappa shape index (κ1) is 45.1. The number of ether oxygens (including phenoxy) is 4. The molecule has 4 fully saturated rings. The quantitative estimate of drug-likeness (QED) is 0.131. The van der Waals surface area contributed by atoms with Crippen LogP contribution in [0, 0.1) is 31.6 Å². The minimum atomic E-state index is -3.81. The summed E-state index contributed by atoms with van der Waals surface area (Å²) < 4.78 is 80.8. The van der Waals surface area contributed by atoms with Crippen LogP contribution < -0.4 is 10.9 Å². The number of nitrogens with one attached hydrogen (secondary N) is 2. The number of hydrogen-bond acceptors (Lipinski definition) is 15. The van der Waals surface area contributed by atoms with Gasteiger partial charge in [0.15, 0.2) is 29.2 Å². The molecule has 6 aromatic rings. The number of amides is 1. The number of nitrogens with zero attached hydrogens (tertiary/aromatic N) is 8. The van der Waals surface area contributed by atoms with Gasteiger partial charge in [-0.2, -0.15) is 8.42 Å². The SMILES string of the molecule is CCC1CC2(CC1C(=O)NNc1cnc3c(ccn3S(=O)(=O)c3ccc(C)cc3)n1)OCCO2.CCC1CC2(CC1c1nnc3cnc4c(n13)CC=[N+]4S(=O)(=O)c1ccc(C)cc1)OCCO2. The summed E-state index contributed by atoms with van der Waals surface area (Å²) in [5, 5.41) is 8.91. The zero-order chi connectivity index (χ0) is 46.7. The predicted octanol–water partition coefficient (Wildman–Crippen LogP) is 5.34. The van der Waals surface area contributed by atoms with Crippen molar-refractivity contribution in [2.24, 2.45) is 17.8 Å². The number of carbonyl (C=O) groups excluding carboxylic acids is 1. The molecule has 4 atom stereocenters. The molecule has 0 bridgehead atoms. The van der Waals surface area contributed by atoms with E-state index < -0.39 is 31.6 Å². The van der Waals surface area contributed by atoms with Crippen LogP contribution in [0.25, 0.3) is 16.8 Å². The van der Waals surface area contributed by atoms with E-state index >= 15 is 0 Å². The first-order valence-electron chi connectivity index (χ1n) is 22.7. The fraction of sp³-hybridized carbons (Fsp3) is 0.457. The molecule has 2 spiro atoms. The number of benzene rings is 2. The summed E-state index contributed by atoms with van der Waals surface area (Å²) in [6, 6.07) is 15.0. The Labute approximate surface area is 388 Å². The van der Waals surface area contributed by atoms with E-state index in [0.29, 0.717) is 74.4 Å². The number of hydrogen-bond donors (Lipinski definition) is 2. The van der Waals surface area contributed by atoms with Gasteiger partial charge >= 0.3 is 15.8 Å². The van der Waals surface area contributed by atoms with Crippen molar-refractivity contribution in [3.63, 3.8) is 0 Å². The summed E-state index contributed by atoms with van der Waals surface area (Å²) in [5.41, 5.74) is 9.49. The maximum atomic E-state index is 13.4. The van der Waals surface area contributed by atoms with E-state index in [4.69, 9.17) is 18.9 Å². The van der Waals surface area contributed by atoms with Crippen LogP contribution in [-0.2, 0) is 50.2 Å². The first-order valence-corrected chi connectivity index (χ1v) is 25.6. The van der Waals surface area contributed by atoms with Gasteiger partial charge in [0, 0.05) is 43.7 Å². The molecule has 67 heavy (non-hydrogen) atoms.